The Hall–Kier alpha value is -7.06. The van der Waals surface area contributed by atoms with E-state index in [4.69, 9.17) is 20.9 Å². The van der Waals surface area contributed by atoms with Crippen molar-refractivity contribution in [3.8, 4) is 23.0 Å². The van der Waals surface area contributed by atoms with Crippen LogP contribution in [0.4, 0.5) is 26.3 Å². The summed E-state index contributed by atoms with van der Waals surface area (Å²) in [6.45, 7) is 13.6. The number of halogens is 6. The number of aromatic amines is 2. The second-order valence-corrected chi connectivity index (χ2v) is 14.7. The van der Waals surface area contributed by atoms with E-state index in [1.165, 1.54) is 26.2 Å². The van der Waals surface area contributed by atoms with E-state index in [9.17, 15) is 35.9 Å². The molecular formula is C46H52F6N10O4. The van der Waals surface area contributed by atoms with Crippen LogP contribution in [0, 0.1) is 0 Å². The van der Waals surface area contributed by atoms with Gasteiger partial charge in [-0.15, -0.1) is 0 Å². The van der Waals surface area contributed by atoms with Crippen molar-refractivity contribution in [1.82, 2.24) is 30.4 Å². The number of benzene rings is 4. The molecule has 0 spiro atoms. The number of nitrogens with two attached hydrogens (primary N) is 2. The summed E-state index contributed by atoms with van der Waals surface area (Å²) in [6, 6.07) is 21.3. The van der Waals surface area contributed by atoms with Gasteiger partial charge in [-0.05, 0) is 91.9 Å². The first kappa shape index (κ1) is 49.9. The number of ether oxygens (including phenoxy) is 2. The average Bonchev–Trinajstić information content (AvgIpc) is 3.94. The number of nitrogens with one attached hydrogen (secondary N) is 4. The first-order valence-electron chi connectivity index (χ1n) is 20.8. The van der Waals surface area contributed by atoms with Crippen molar-refractivity contribution in [1.29, 1.82) is 0 Å². The summed E-state index contributed by atoms with van der Waals surface area (Å²) >= 11 is 0. The average molecular weight is 923 g/mol. The predicted molar refractivity (Wildman–Crippen MR) is 243 cm³/mol. The van der Waals surface area contributed by atoms with Gasteiger partial charge < -0.3 is 30.9 Å². The number of nitrogens with zero attached hydrogens (tertiary/aromatic N) is 4. The fourth-order valence-electron chi connectivity index (χ4n) is 6.75. The van der Waals surface area contributed by atoms with E-state index in [0.717, 1.165) is 74.7 Å². The molecule has 0 unspecified atom stereocenters. The van der Waals surface area contributed by atoms with E-state index < -0.39 is 35.3 Å². The van der Waals surface area contributed by atoms with Crippen LogP contribution in [0.3, 0.4) is 0 Å². The van der Waals surface area contributed by atoms with E-state index in [1.54, 1.807) is 24.3 Å². The van der Waals surface area contributed by atoms with Gasteiger partial charge in [-0.25, -0.2) is 0 Å². The molecule has 14 nitrogen and oxygen atoms in total. The van der Waals surface area contributed by atoms with Gasteiger partial charge in [0.2, 0.25) is 0 Å². The molecule has 352 valence electrons. The van der Waals surface area contributed by atoms with E-state index in [0.29, 0.717) is 11.5 Å². The topological polar surface area (TPSA) is 191 Å². The minimum Gasteiger partial charge on any atom is -0.457 e. The van der Waals surface area contributed by atoms with Gasteiger partial charge in [-0.1, -0.05) is 52.0 Å². The largest absolute Gasteiger partial charge is 0.457 e. The molecule has 0 saturated carbocycles. The number of carbonyl (C=O) groups is 2. The maximum absolute atomic E-state index is 13.7. The minimum absolute atomic E-state index is 0.00485. The van der Waals surface area contributed by atoms with Crippen molar-refractivity contribution in [2.24, 2.45) is 21.5 Å². The highest BCUT2D eigenvalue weighted by atomic mass is 19.4. The lowest BCUT2D eigenvalue weighted by Crippen LogP contribution is -2.36. The number of alkyl halides is 6. The second kappa shape index (κ2) is 21.7. The van der Waals surface area contributed by atoms with Crippen molar-refractivity contribution < 1.29 is 45.4 Å². The third kappa shape index (κ3) is 12.8. The molecule has 2 heterocycles. The van der Waals surface area contributed by atoms with Crippen LogP contribution in [-0.2, 0) is 25.4 Å². The molecule has 8 N–H and O–H groups in total. The Kier molecular flexibility index (Phi) is 16.5. The minimum atomic E-state index is -4.65. The third-order valence-electron chi connectivity index (χ3n) is 10.4. The molecule has 4 aromatic carbocycles. The highest BCUT2D eigenvalue weighted by Crippen LogP contribution is 2.41. The molecule has 6 rings (SSSR count). The van der Waals surface area contributed by atoms with Gasteiger partial charge in [0.25, 0.3) is 11.8 Å². The number of hydrogen-bond donors (Lipinski definition) is 6. The molecule has 6 aromatic rings. The van der Waals surface area contributed by atoms with Crippen molar-refractivity contribution in [2.75, 3.05) is 40.3 Å². The Morgan fingerprint density at radius 2 is 1.05 bits per heavy atom. The summed E-state index contributed by atoms with van der Waals surface area (Å²) in [7, 11) is 2.75. The molecule has 2 amide bonds. The monoisotopic (exact) mass is 922 g/mol. The lowest BCUT2D eigenvalue weighted by atomic mass is 10.1. The van der Waals surface area contributed by atoms with E-state index in [2.05, 4.69) is 68.1 Å². The fraction of sp³-hybridized carbons (Fsp3) is 0.304. The van der Waals surface area contributed by atoms with Gasteiger partial charge >= 0.3 is 12.4 Å². The van der Waals surface area contributed by atoms with Crippen LogP contribution in [0.5, 0.6) is 23.0 Å². The number of fused-ring (bicyclic) bond motifs is 2. The highest BCUT2D eigenvalue weighted by Gasteiger charge is 2.35. The van der Waals surface area contributed by atoms with Crippen molar-refractivity contribution in [3.05, 3.63) is 119 Å². The molecule has 0 saturated heterocycles. The number of aliphatic imine (C=N–C) groups is 2. The summed E-state index contributed by atoms with van der Waals surface area (Å²) in [5.41, 5.74) is 11.3. The summed E-state index contributed by atoms with van der Waals surface area (Å²) < 4.78 is 93.5. The standard InChI is InChI=1S/2C23H26F3N5O2/c1-4-31(5-2)13-14-6-8-15(9-7-14)33-16-10-18(23(24,25)26)17-12-20(29-19(17)11-16)21(32)30-22(27)28-3;1-4-31(5-2)13-14-6-8-15(9-7-14)33-19-11-10-17(23(24,25)26)16-12-18(29-20(16)19)21(32)30-22(27)28-3/h2*6-12,29H,4-5,13H2,1-3H3,(H3,27,28,30,32). The predicted octanol–water partition coefficient (Wildman–Crippen LogP) is 8.99. The molecule has 2 aromatic heterocycles. The normalized spacial score (nSPS) is 12.4. The fourth-order valence-corrected chi connectivity index (χ4v) is 6.75. The van der Waals surface area contributed by atoms with Crippen LogP contribution in [0.1, 0.15) is 70.9 Å². The van der Waals surface area contributed by atoms with E-state index in [1.807, 2.05) is 24.3 Å². The molecular weight excluding hydrogens is 871 g/mol. The second-order valence-electron chi connectivity index (χ2n) is 14.7. The molecule has 0 aliphatic heterocycles. The van der Waals surface area contributed by atoms with Crippen LogP contribution in [-0.4, -0.2) is 83.8 Å². The van der Waals surface area contributed by atoms with Crippen LogP contribution in [0.25, 0.3) is 21.8 Å². The number of guanidine groups is 2. The Morgan fingerprint density at radius 1 is 0.591 bits per heavy atom. The Bertz CT molecular complexity index is 2670. The van der Waals surface area contributed by atoms with Crippen LogP contribution < -0.4 is 31.6 Å². The van der Waals surface area contributed by atoms with Crippen molar-refractivity contribution in [3.63, 3.8) is 0 Å². The van der Waals surface area contributed by atoms with Gasteiger partial charge in [0.05, 0.1) is 22.2 Å². The quantitative estimate of drug-likeness (QED) is 0.0354. The maximum Gasteiger partial charge on any atom is 0.417 e. The Balaban J connectivity index is 0.000000247. The molecule has 0 atom stereocenters. The highest BCUT2D eigenvalue weighted by molar-refractivity contribution is 6.08. The van der Waals surface area contributed by atoms with Crippen molar-refractivity contribution >= 4 is 45.5 Å². The van der Waals surface area contributed by atoms with Crippen molar-refractivity contribution in [2.45, 2.75) is 53.1 Å². The molecule has 0 radical (unpaired) electrons. The van der Waals surface area contributed by atoms with E-state index >= 15 is 0 Å². The first-order chi connectivity index (χ1) is 31.3. The number of hydrogen-bond acceptors (Lipinski definition) is 8. The zero-order chi connectivity index (χ0) is 48.3. The molecule has 20 heteroatoms. The Labute approximate surface area is 377 Å². The number of rotatable bonds is 14. The third-order valence-corrected chi connectivity index (χ3v) is 10.4. The lowest BCUT2D eigenvalue weighted by Gasteiger charge is -2.18. The lowest BCUT2D eigenvalue weighted by molar-refractivity contribution is -0.137. The SMILES string of the molecule is CCN(CC)Cc1ccc(Oc2cc(C(F)(F)F)c3cc(C(=O)NC(N)=NC)[nH]c3c2)cc1.CCN(CC)Cc1ccc(Oc2ccc(C(F)(F)F)c3cc(C(=O)NC(N)=NC)[nH]c23)cc1. The smallest absolute Gasteiger partial charge is 0.417 e. The van der Waals surface area contributed by atoms with Gasteiger partial charge in [-0.2, -0.15) is 26.3 Å². The summed E-state index contributed by atoms with van der Waals surface area (Å²) in [5.74, 6) is -0.702. The number of amides is 2. The summed E-state index contributed by atoms with van der Waals surface area (Å²) in [6.07, 6.45) is -9.26. The van der Waals surface area contributed by atoms with Gasteiger partial charge in [0.15, 0.2) is 17.7 Å². The van der Waals surface area contributed by atoms with Gasteiger partial charge in [-0.3, -0.25) is 40.0 Å². The summed E-state index contributed by atoms with van der Waals surface area (Å²) in [5, 5.41) is 4.25. The van der Waals surface area contributed by atoms with E-state index in [-0.39, 0.29) is 56.6 Å². The van der Waals surface area contributed by atoms with Crippen LogP contribution in [0.15, 0.2) is 94.9 Å². The number of H-pyrrole nitrogens is 2. The summed E-state index contributed by atoms with van der Waals surface area (Å²) in [4.78, 5) is 41.8. The first-order valence-corrected chi connectivity index (χ1v) is 20.8. The van der Waals surface area contributed by atoms with Crippen LogP contribution in [0.2, 0.25) is 0 Å². The zero-order valence-electron chi connectivity index (χ0n) is 37.2. The Morgan fingerprint density at radius 3 is 1.50 bits per heavy atom. The molecule has 0 aliphatic carbocycles. The molecule has 66 heavy (non-hydrogen) atoms. The number of carbonyl (C=O) groups excluding carboxylic acids is 2. The maximum atomic E-state index is 13.7. The van der Waals surface area contributed by atoms with Gasteiger partial charge in [0.1, 0.15) is 28.6 Å². The zero-order valence-corrected chi connectivity index (χ0v) is 37.2. The molecule has 0 aliphatic rings. The molecule has 0 fully saturated rings. The molecule has 0 bridgehead atoms. The van der Waals surface area contributed by atoms with Crippen LogP contribution >= 0.6 is 0 Å². The number of aromatic nitrogens is 2. The van der Waals surface area contributed by atoms with Gasteiger partial charge in [0, 0.05) is 44.0 Å².